The van der Waals surface area contributed by atoms with Crippen LogP contribution in [0.15, 0.2) is 35.6 Å². The van der Waals surface area contributed by atoms with Crippen LogP contribution in [0.25, 0.3) is 0 Å². The molecule has 24 heavy (non-hydrogen) atoms. The van der Waals surface area contributed by atoms with Gasteiger partial charge in [0.2, 0.25) is 5.91 Å². The highest BCUT2D eigenvalue weighted by Crippen LogP contribution is 2.48. The molecule has 124 valence electrons. The van der Waals surface area contributed by atoms with Crippen LogP contribution in [0.2, 0.25) is 0 Å². The number of halogens is 1. The topological polar surface area (TPSA) is 63.7 Å². The normalized spacial score (nSPS) is 28.1. The first kappa shape index (κ1) is 15.1. The van der Waals surface area contributed by atoms with Gasteiger partial charge in [-0.1, -0.05) is 19.9 Å². The lowest BCUT2D eigenvalue weighted by Crippen LogP contribution is -2.34. The summed E-state index contributed by atoms with van der Waals surface area (Å²) in [6.45, 7) is 3.91. The fourth-order valence-corrected chi connectivity index (χ4v) is 3.79. The van der Waals surface area contributed by atoms with Crippen LogP contribution in [0, 0.1) is 17.2 Å². The van der Waals surface area contributed by atoms with E-state index in [4.69, 9.17) is 4.74 Å². The van der Waals surface area contributed by atoms with Crippen molar-refractivity contribution < 1.29 is 23.5 Å². The first-order valence-electron chi connectivity index (χ1n) is 7.85. The van der Waals surface area contributed by atoms with Gasteiger partial charge in [-0.3, -0.25) is 14.4 Å². The SMILES string of the molecule is CC1(C)CC(=O)C2=C(C1)O[C@@H]1C(=O)N(c3cccc(F)c3)C(=O)[C@H]21. The molecule has 2 atom stereocenters. The number of carbonyl (C=O) groups is 3. The molecule has 0 saturated carbocycles. The molecule has 0 N–H and O–H groups in total. The van der Waals surface area contributed by atoms with E-state index in [9.17, 15) is 18.8 Å². The molecule has 1 saturated heterocycles. The fraction of sp³-hybridized carbons (Fsp3) is 0.389. The maximum atomic E-state index is 13.4. The Morgan fingerprint density at radius 3 is 2.62 bits per heavy atom. The molecule has 0 radical (unpaired) electrons. The van der Waals surface area contributed by atoms with Crippen molar-refractivity contribution >= 4 is 23.3 Å². The van der Waals surface area contributed by atoms with Crippen LogP contribution in [0.1, 0.15) is 26.7 Å². The smallest absolute Gasteiger partial charge is 0.276 e. The number of hydrogen-bond acceptors (Lipinski definition) is 4. The molecule has 1 aromatic carbocycles. The number of carbonyl (C=O) groups excluding carboxylic acids is 3. The van der Waals surface area contributed by atoms with Crippen molar-refractivity contribution in [3.8, 4) is 0 Å². The summed E-state index contributed by atoms with van der Waals surface area (Å²) in [5.74, 6) is -2.19. The van der Waals surface area contributed by atoms with Crippen molar-refractivity contribution in [2.75, 3.05) is 4.90 Å². The van der Waals surface area contributed by atoms with Gasteiger partial charge in [0, 0.05) is 18.4 Å². The molecule has 2 amide bonds. The van der Waals surface area contributed by atoms with Crippen LogP contribution in [0.5, 0.6) is 0 Å². The molecule has 4 rings (SSSR count). The third-order valence-electron chi connectivity index (χ3n) is 4.78. The van der Waals surface area contributed by atoms with Crippen LogP contribution in [0.4, 0.5) is 10.1 Å². The largest absolute Gasteiger partial charge is 0.483 e. The molecule has 0 unspecified atom stereocenters. The van der Waals surface area contributed by atoms with Crippen molar-refractivity contribution in [3.63, 3.8) is 0 Å². The van der Waals surface area contributed by atoms with Gasteiger partial charge in [0.05, 0.1) is 5.69 Å². The van der Waals surface area contributed by atoms with Crippen molar-refractivity contribution in [1.82, 2.24) is 0 Å². The predicted octanol–water partition coefficient (Wildman–Crippen LogP) is 2.36. The molecule has 2 heterocycles. The van der Waals surface area contributed by atoms with E-state index in [1.54, 1.807) is 0 Å². The number of rotatable bonds is 1. The Balaban J connectivity index is 1.74. The van der Waals surface area contributed by atoms with Gasteiger partial charge in [0.25, 0.3) is 5.91 Å². The highest BCUT2D eigenvalue weighted by molar-refractivity contribution is 6.26. The minimum Gasteiger partial charge on any atom is -0.483 e. The molecule has 5 nitrogen and oxygen atoms in total. The Hall–Kier alpha value is -2.50. The molecule has 2 aliphatic heterocycles. The number of nitrogens with zero attached hydrogens (tertiary/aromatic N) is 1. The Morgan fingerprint density at radius 1 is 1.17 bits per heavy atom. The minimum atomic E-state index is -1.01. The van der Waals surface area contributed by atoms with Gasteiger partial charge >= 0.3 is 0 Å². The van der Waals surface area contributed by atoms with E-state index < -0.39 is 29.7 Å². The van der Waals surface area contributed by atoms with Gasteiger partial charge in [-0.15, -0.1) is 0 Å². The summed E-state index contributed by atoms with van der Waals surface area (Å²) in [6, 6.07) is 5.28. The number of ether oxygens (including phenoxy) is 1. The molecule has 0 spiro atoms. The summed E-state index contributed by atoms with van der Waals surface area (Å²) in [5, 5.41) is 0. The molecule has 0 bridgehead atoms. The zero-order chi connectivity index (χ0) is 17.2. The Labute approximate surface area is 138 Å². The lowest BCUT2D eigenvalue weighted by Gasteiger charge is -2.29. The van der Waals surface area contributed by atoms with Crippen molar-refractivity contribution in [2.24, 2.45) is 11.3 Å². The van der Waals surface area contributed by atoms with Gasteiger partial charge in [-0.05, 0) is 23.6 Å². The quantitative estimate of drug-likeness (QED) is 0.742. The first-order valence-corrected chi connectivity index (χ1v) is 7.85. The number of amides is 2. The molecule has 1 aliphatic carbocycles. The van der Waals surface area contributed by atoms with Crippen LogP contribution < -0.4 is 4.90 Å². The Bertz CT molecular complexity index is 826. The average molecular weight is 329 g/mol. The number of imide groups is 1. The van der Waals surface area contributed by atoms with Crippen molar-refractivity contribution in [2.45, 2.75) is 32.8 Å². The second kappa shape index (κ2) is 4.75. The molecule has 6 heteroatoms. The number of ketones is 1. The molecule has 3 aliphatic rings. The van der Waals surface area contributed by atoms with Crippen molar-refractivity contribution in [1.29, 1.82) is 0 Å². The lowest BCUT2D eigenvalue weighted by molar-refractivity contribution is -0.126. The third kappa shape index (κ3) is 2.02. The highest BCUT2D eigenvalue weighted by Gasteiger charge is 2.59. The second-order valence-corrected chi connectivity index (χ2v) is 7.29. The van der Waals surface area contributed by atoms with Crippen LogP contribution in [-0.4, -0.2) is 23.7 Å². The van der Waals surface area contributed by atoms with E-state index in [1.165, 1.54) is 18.2 Å². The van der Waals surface area contributed by atoms with Crippen molar-refractivity contribution in [3.05, 3.63) is 41.4 Å². The fourth-order valence-electron chi connectivity index (χ4n) is 3.79. The maximum Gasteiger partial charge on any atom is 0.276 e. The number of Topliss-reactive ketones (excluding diaryl/α,β-unsaturated/α-hetero) is 1. The number of fused-ring (bicyclic) bond motifs is 2. The number of anilines is 1. The number of hydrogen-bond donors (Lipinski definition) is 0. The lowest BCUT2D eigenvalue weighted by atomic mass is 9.74. The average Bonchev–Trinajstić information content (AvgIpc) is 2.94. The number of benzene rings is 1. The molecule has 1 aromatic rings. The highest BCUT2D eigenvalue weighted by atomic mass is 19.1. The van der Waals surface area contributed by atoms with Gasteiger partial charge in [-0.25, -0.2) is 9.29 Å². The maximum absolute atomic E-state index is 13.4. The van der Waals surface area contributed by atoms with Gasteiger partial charge < -0.3 is 4.74 Å². The van der Waals surface area contributed by atoms with E-state index in [-0.39, 0.29) is 16.9 Å². The van der Waals surface area contributed by atoms with Crippen LogP contribution in [-0.2, 0) is 19.1 Å². The van der Waals surface area contributed by atoms with E-state index in [0.717, 1.165) is 11.0 Å². The van der Waals surface area contributed by atoms with Crippen LogP contribution in [0.3, 0.4) is 0 Å². The summed E-state index contributed by atoms with van der Waals surface area (Å²) >= 11 is 0. The second-order valence-electron chi connectivity index (χ2n) is 7.29. The summed E-state index contributed by atoms with van der Waals surface area (Å²) in [5.41, 5.74) is 0.244. The Morgan fingerprint density at radius 2 is 1.92 bits per heavy atom. The summed E-state index contributed by atoms with van der Waals surface area (Å²) in [4.78, 5) is 38.9. The van der Waals surface area contributed by atoms with E-state index >= 15 is 0 Å². The number of allylic oxidation sites excluding steroid dienone is 1. The molecule has 1 fully saturated rings. The first-order chi connectivity index (χ1) is 11.3. The van der Waals surface area contributed by atoms with Gasteiger partial charge in [0.15, 0.2) is 11.9 Å². The van der Waals surface area contributed by atoms with E-state index in [1.807, 2.05) is 13.8 Å². The Kier molecular flexibility index (Phi) is 2.98. The summed E-state index contributed by atoms with van der Waals surface area (Å²) in [7, 11) is 0. The van der Waals surface area contributed by atoms with Gasteiger partial charge in [-0.2, -0.15) is 0 Å². The van der Waals surface area contributed by atoms with Gasteiger partial charge in [0.1, 0.15) is 17.5 Å². The van der Waals surface area contributed by atoms with E-state index in [0.29, 0.717) is 24.2 Å². The summed E-state index contributed by atoms with van der Waals surface area (Å²) < 4.78 is 19.2. The molecular weight excluding hydrogens is 313 g/mol. The summed E-state index contributed by atoms with van der Waals surface area (Å²) in [6.07, 6.45) is -0.162. The van der Waals surface area contributed by atoms with Crippen LogP contribution >= 0.6 is 0 Å². The zero-order valence-electron chi connectivity index (χ0n) is 13.3. The monoisotopic (exact) mass is 329 g/mol. The molecular formula is C18H16FNO4. The zero-order valence-corrected chi connectivity index (χ0v) is 13.3. The predicted molar refractivity (Wildman–Crippen MR) is 82.3 cm³/mol. The third-order valence-corrected chi connectivity index (χ3v) is 4.78. The van der Waals surface area contributed by atoms with E-state index in [2.05, 4.69) is 0 Å². The standard InChI is InChI=1S/C18H16FNO4/c1-18(2)7-11(21)13-12(8-18)24-15-14(13)16(22)20(17(15)23)10-5-3-4-9(19)6-10/h3-6,14-15H,7-8H2,1-2H3/t14-,15+/m1/s1. The molecule has 0 aromatic heterocycles. The minimum absolute atomic E-state index is 0.143.